The van der Waals surface area contributed by atoms with E-state index in [-0.39, 0.29) is 18.9 Å². The summed E-state index contributed by atoms with van der Waals surface area (Å²) in [5, 5.41) is 25.5. The van der Waals surface area contributed by atoms with Crippen molar-refractivity contribution in [2.75, 3.05) is 13.2 Å². The summed E-state index contributed by atoms with van der Waals surface area (Å²) in [5.74, 6) is -3.58. The number of carboxylic acids is 1. The molecule has 0 aliphatic heterocycles. The van der Waals surface area contributed by atoms with Crippen molar-refractivity contribution >= 4 is 23.7 Å². The Labute approximate surface area is 175 Å². The number of nitrogens with two attached hydrogens (primary N) is 1. The number of nitrogens with one attached hydrogen (secondary N) is 3. The number of aliphatic carboxylic acids is 1. The maximum absolute atomic E-state index is 12.9. The maximum atomic E-state index is 12.9. The van der Waals surface area contributed by atoms with Crippen molar-refractivity contribution in [1.82, 2.24) is 16.0 Å². The van der Waals surface area contributed by atoms with E-state index in [2.05, 4.69) is 16.0 Å². The minimum absolute atomic E-state index is 0.182. The highest BCUT2D eigenvalue weighted by atomic mass is 16.4. The van der Waals surface area contributed by atoms with Crippen molar-refractivity contribution < 1.29 is 29.4 Å². The van der Waals surface area contributed by atoms with Crippen LogP contribution in [0.1, 0.15) is 25.8 Å². The van der Waals surface area contributed by atoms with Gasteiger partial charge in [-0.25, -0.2) is 4.79 Å². The predicted molar refractivity (Wildman–Crippen MR) is 109 cm³/mol. The lowest BCUT2D eigenvalue weighted by Crippen LogP contribution is -2.58. The topological polar surface area (TPSA) is 171 Å². The molecule has 1 aromatic rings. The van der Waals surface area contributed by atoms with Crippen LogP contribution in [-0.2, 0) is 25.6 Å². The highest BCUT2D eigenvalue weighted by molar-refractivity contribution is 5.93. The summed E-state index contributed by atoms with van der Waals surface area (Å²) in [6.07, 6.45) is 0.704. The molecule has 0 saturated heterocycles. The lowest BCUT2D eigenvalue weighted by Gasteiger charge is -2.27. The van der Waals surface area contributed by atoms with Crippen molar-refractivity contribution in [2.24, 2.45) is 11.7 Å². The molecule has 0 radical (unpaired) electrons. The van der Waals surface area contributed by atoms with Gasteiger partial charge in [0, 0.05) is 6.42 Å². The summed E-state index contributed by atoms with van der Waals surface area (Å²) >= 11 is 0. The van der Waals surface area contributed by atoms with Gasteiger partial charge in [0.25, 0.3) is 0 Å². The van der Waals surface area contributed by atoms with Crippen LogP contribution in [0, 0.1) is 5.92 Å². The van der Waals surface area contributed by atoms with Crippen molar-refractivity contribution in [1.29, 1.82) is 0 Å². The van der Waals surface area contributed by atoms with Gasteiger partial charge in [-0.15, -0.1) is 0 Å². The Kier molecular flexibility index (Phi) is 10.5. The SMILES string of the molecule is CCC(C)C(NC(=O)C(Cc1ccccc1)NC(=O)CN)C(=O)NC(CO)C(=O)O. The monoisotopic (exact) mass is 422 g/mol. The van der Waals surface area contributed by atoms with E-state index in [0.717, 1.165) is 5.56 Å². The zero-order valence-electron chi connectivity index (χ0n) is 17.1. The molecule has 3 amide bonds. The minimum Gasteiger partial charge on any atom is -0.480 e. The number of hydrogen-bond donors (Lipinski definition) is 6. The lowest BCUT2D eigenvalue weighted by molar-refractivity contribution is -0.143. The highest BCUT2D eigenvalue weighted by Gasteiger charge is 2.32. The van der Waals surface area contributed by atoms with Crippen molar-refractivity contribution in [3.05, 3.63) is 35.9 Å². The van der Waals surface area contributed by atoms with Crippen molar-refractivity contribution in [3.8, 4) is 0 Å². The summed E-state index contributed by atoms with van der Waals surface area (Å²) in [6.45, 7) is 2.45. The van der Waals surface area contributed by atoms with Gasteiger partial charge in [-0.2, -0.15) is 0 Å². The molecule has 7 N–H and O–H groups in total. The van der Waals surface area contributed by atoms with Gasteiger partial charge in [0.2, 0.25) is 17.7 Å². The van der Waals surface area contributed by atoms with Gasteiger partial charge < -0.3 is 31.9 Å². The minimum atomic E-state index is -1.49. The van der Waals surface area contributed by atoms with Crippen LogP contribution in [0.3, 0.4) is 0 Å². The number of rotatable bonds is 12. The lowest BCUT2D eigenvalue weighted by atomic mass is 9.96. The zero-order chi connectivity index (χ0) is 22.7. The fourth-order valence-electron chi connectivity index (χ4n) is 2.72. The van der Waals surface area contributed by atoms with Crippen LogP contribution < -0.4 is 21.7 Å². The first-order valence-electron chi connectivity index (χ1n) is 9.71. The normalized spacial score (nSPS) is 14.7. The van der Waals surface area contributed by atoms with Crippen LogP contribution in [-0.4, -0.2) is 65.2 Å². The molecule has 166 valence electrons. The second-order valence-corrected chi connectivity index (χ2v) is 6.97. The molecule has 0 heterocycles. The Hall–Kier alpha value is -2.98. The molecule has 0 fully saturated rings. The second kappa shape index (κ2) is 12.6. The third-order valence-electron chi connectivity index (χ3n) is 4.71. The Morgan fingerprint density at radius 3 is 2.13 bits per heavy atom. The van der Waals surface area contributed by atoms with E-state index in [1.807, 2.05) is 13.0 Å². The van der Waals surface area contributed by atoms with Crippen LogP contribution in [0.15, 0.2) is 30.3 Å². The number of carbonyl (C=O) groups is 4. The number of aliphatic hydroxyl groups excluding tert-OH is 1. The van der Waals surface area contributed by atoms with Crippen LogP contribution in [0.5, 0.6) is 0 Å². The maximum Gasteiger partial charge on any atom is 0.328 e. The first kappa shape index (κ1) is 25.1. The molecule has 0 aromatic heterocycles. The molecule has 0 aliphatic rings. The average molecular weight is 422 g/mol. The summed E-state index contributed by atoms with van der Waals surface area (Å²) in [6, 6.07) is 5.49. The van der Waals surface area contributed by atoms with E-state index >= 15 is 0 Å². The Morgan fingerprint density at radius 1 is 1.00 bits per heavy atom. The Morgan fingerprint density at radius 2 is 1.63 bits per heavy atom. The Balaban J connectivity index is 3.01. The Bertz CT molecular complexity index is 727. The van der Waals surface area contributed by atoms with Crippen molar-refractivity contribution in [2.45, 2.75) is 44.8 Å². The highest BCUT2D eigenvalue weighted by Crippen LogP contribution is 2.10. The van der Waals surface area contributed by atoms with E-state index < -0.39 is 48.4 Å². The zero-order valence-corrected chi connectivity index (χ0v) is 17.1. The molecule has 1 aromatic carbocycles. The molecule has 0 bridgehead atoms. The molecule has 4 unspecified atom stereocenters. The molecule has 0 saturated carbocycles. The number of benzene rings is 1. The number of hydrogen-bond acceptors (Lipinski definition) is 6. The summed E-state index contributed by atoms with van der Waals surface area (Å²) in [7, 11) is 0. The van der Waals surface area contributed by atoms with E-state index in [0.29, 0.717) is 6.42 Å². The van der Waals surface area contributed by atoms with Gasteiger partial charge >= 0.3 is 5.97 Å². The fourth-order valence-corrected chi connectivity index (χ4v) is 2.72. The second-order valence-electron chi connectivity index (χ2n) is 6.97. The van der Waals surface area contributed by atoms with E-state index in [1.165, 1.54) is 0 Å². The number of aliphatic hydroxyl groups is 1. The molecule has 10 heteroatoms. The molecule has 30 heavy (non-hydrogen) atoms. The van der Waals surface area contributed by atoms with E-state index in [1.54, 1.807) is 31.2 Å². The van der Waals surface area contributed by atoms with Crippen LogP contribution in [0.2, 0.25) is 0 Å². The molecular weight excluding hydrogens is 392 g/mol. The molecule has 0 aliphatic carbocycles. The van der Waals surface area contributed by atoms with Gasteiger partial charge in [-0.1, -0.05) is 50.6 Å². The summed E-state index contributed by atoms with van der Waals surface area (Å²) < 4.78 is 0. The van der Waals surface area contributed by atoms with Gasteiger partial charge in [0.15, 0.2) is 0 Å². The first-order chi connectivity index (χ1) is 14.2. The quantitative estimate of drug-likeness (QED) is 0.245. The number of carboxylic acid groups (broad SMARTS) is 1. The predicted octanol–water partition coefficient (Wildman–Crippen LogP) is -1.23. The third kappa shape index (κ3) is 7.80. The van der Waals surface area contributed by atoms with E-state index in [4.69, 9.17) is 15.9 Å². The number of carbonyl (C=O) groups excluding carboxylic acids is 3. The smallest absolute Gasteiger partial charge is 0.328 e. The third-order valence-corrected chi connectivity index (χ3v) is 4.71. The molecule has 0 spiro atoms. The van der Waals surface area contributed by atoms with Gasteiger partial charge in [-0.3, -0.25) is 14.4 Å². The first-order valence-corrected chi connectivity index (χ1v) is 9.71. The van der Waals surface area contributed by atoms with Gasteiger partial charge in [0.1, 0.15) is 18.1 Å². The average Bonchev–Trinajstić information content (AvgIpc) is 2.74. The van der Waals surface area contributed by atoms with Gasteiger partial charge in [0.05, 0.1) is 13.2 Å². The summed E-state index contributed by atoms with van der Waals surface area (Å²) in [5.41, 5.74) is 6.14. The van der Waals surface area contributed by atoms with Crippen LogP contribution in [0.25, 0.3) is 0 Å². The largest absolute Gasteiger partial charge is 0.480 e. The summed E-state index contributed by atoms with van der Waals surface area (Å²) in [4.78, 5) is 48.4. The van der Waals surface area contributed by atoms with Crippen LogP contribution >= 0.6 is 0 Å². The van der Waals surface area contributed by atoms with E-state index in [9.17, 15) is 19.2 Å². The number of amides is 3. The van der Waals surface area contributed by atoms with Crippen molar-refractivity contribution in [3.63, 3.8) is 0 Å². The standard InChI is InChI=1S/C20H30N4O6/c1-3-12(2)17(19(28)23-15(11-25)20(29)30)24-18(27)14(22-16(26)10-21)9-13-7-5-4-6-8-13/h4-8,12,14-15,17,25H,3,9-11,21H2,1-2H3,(H,22,26)(H,23,28)(H,24,27)(H,29,30). The van der Waals surface area contributed by atoms with Crippen LogP contribution in [0.4, 0.5) is 0 Å². The molecule has 4 atom stereocenters. The molecule has 10 nitrogen and oxygen atoms in total. The molecule has 1 rings (SSSR count). The van der Waals surface area contributed by atoms with Gasteiger partial charge in [-0.05, 0) is 11.5 Å². The molecular formula is C20H30N4O6. The fraction of sp³-hybridized carbons (Fsp3) is 0.500.